The van der Waals surface area contributed by atoms with Crippen LogP contribution < -0.4 is 24.8 Å². The summed E-state index contributed by atoms with van der Waals surface area (Å²) in [5.74, 6) is 0.652. The molecule has 0 unspecified atom stereocenters. The first-order valence-electron chi connectivity index (χ1n) is 13.5. The number of carbonyl (C=O) groups is 2. The summed E-state index contributed by atoms with van der Waals surface area (Å²) in [6.45, 7) is 2.91. The molecule has 0 heterocycles. The average molecular weight is 526 g/mol. The Labute approximate surface area is 227 Å². The van der Waals surface area contributed by atoms with Crippen LogP contribution in [0.25, 0.3) is 0 Å². The number of nitrogens with zero attached hydrogens (tertiary/aromatic N) is 1. The molecule has 3 rings (SSSR count). The van der Waals surface area contributed by atoms with Gasteiger partial charge in [0.25, 0.3) is 5.91 Å². The highest BCUT2D eigenvalue weighted by Gasteiger charge is 2.35. The van der Waals surface area contributed by atoms with Gasteiger partial charge in [-0.05, 0) is 57.5 Å². The molecule has 2 aromatic carbocycles. The number of ether oxygens (including phenoxy) is 3. The number of methoxy groups -OCH3 is 2. The predicted octanol–water partition coefficient (Wildman–Crippen LogP) is 4.56. The van der Waals surface area contributed by atoms with E-state index in [0.717, 1.165) is 31.2 Å². The van der Waals surface area contributed by atoms with Crippen LogP contribution in [0, 0.1) is 0 Å². The van der Waals surface area contributed by atoms with Crippen LogP contribution in [-0.2, 0) is 11.4 Å². The van der Waals surface area contributed by atoms with Gasteiger partial charge < -0.3 is 29.7 Å². The van der Waals surface area contributed by atoms with E-state index < -0.39 is 6.04 Å². The van der Waals surface area contributed by atoms with Gasteiger partial charge in [0.2, 0.25) is 11.7 Å². The van der Waals surface area contributed by atoms with Crippen LogP contribution in [0.5, 0.6) is 17.2 Å². The molecule has 1 saturated carbocycles. The van der Waals surface area contributed by atoms with Crippen molar-refractivity contribution in [2.75, 3.05) is 34.9 Å². The van der Waals surface area contributed by atoms with E-state index in [0.29, 0.717) is 42.4 Å². The molecule has 2 N–H and O–H groups in total. The van der Waals surface area contributed by atoms with Crippen molar-refractivity contribution in [3.63, 3.8) is 0 Å². The van der Waals surface area contributed by atoms with Gasteiger partial charge in [-0.25, -0.2) is 0 Å². The Bertz CT molecular complexity index is 1030. The zero-order valence-corrected chi connectivity index (χ0v) is 23.5. The molecule has 1 aliphatic carbocycles. The first kappa shape index (κ1) is 29.3. The Balaban J connectivity index is 1.67. The number of carbonyl (C=O) groups excluding carboxylic acids is 2. The Morgan fingerprint density at radius 1 is 1.03 bits per heavy atom. The monoisotopic (exact) mass is 525 g/mol. The molecular formula is C30H43N3O5. The van der Waals surface area contributed by atoms with Crippen LogP contribution in [0.15, 0.2) is 42.5 Å². The molecule has 0 aliphatic heterocycles. The van der Waals surface area contributed by atoms with Gasteiger partial charge in [0.1, 0.15) is 12.6 Å². The second-order valence-corrected chi connectivity index (χ2v) is 10.2. The Kier molecular flexibility index (Phi) is 10.8. The summed E-state index contributed by atoms with van der Waals surface area (Å²) in [5, 5.41) is 5.98. The van der Waals surface area contributed by atoms with Gasteiger partial charge in [0.15, 0.2) is 11.5 Å². The van der Waals surface area contributed by atoms with E-state index in [1.54, 1.807) is 12.1 Å². The summed E-state index contributed by atoms with van der Waals surface area (Å²) in [7, 11) is 7.27. The topological polar surface area (TPSA) is 89.1 Å². The fourth-order valence-electron chi connectivity index (χ4n) is 5.18. The van der Waals surface area contributed by atoms with Gasteiger partial charge in [-0.15, -0.1) is 0 Å². The number of amides is 2. The normalized spacial score (nSPS) is 15.1. The lowest BCUT2D eigenvalue weighted by molar-refractivity contribution is -0.123. The fraction of sp³-hybridized carbons (Fsp3) is 0.533. The molecule has 0 saturated heterocycles. The van der Waals surface area contributed by atoms with Crippen molar-refractivity contribution >= 4 is 11.8 Å². The highest BCUT2D eigenvalue weighted by atomic mass is 16.5. The zero-order chi connectivity index (χ0) is 27.5. The first-order valence-corrected chi connectivity index (χ1v) is 13.5. The van der Waals surface area contributed by atoms with Crippen molar-refractivity contribution in [2.45, 2.75) is 70.1 Å². The van der Waals surface area contributed by atoms with Crippen LogP contribution in [0.4, 0.5) is 0 Å². The lowest BCUT2D eigenvalue weighted by Crippen LogP contribution is -2.49. The molecule has 208 valence electrons. The van der Waals surface area contributed by atoms with Crippen molar-refractivity contribution in [3.05, 3.63) is 53.6 Å². The number of nitrogens with one attached hydrogen (secondary N) is 2. The van der Waals surface area contributed by atoms with Crippen molar-refractivity contribution in [1.82, 2.24) is 15.5 Å². The van der Waals surface area contributed by atoms with Gasteiger partial charge in [0, 0.05) is 17.6 Å². The maximum atomic E-state index is 13.2. The minimum absolute atomic E-state index is 0.147. The highest BCUT2D eigenvalue weighted by Crippen LogP contribution is 2.39. The summed E-state index contributed by atoms with van der Waals surface area (Å²) in [6.07, 6.45) is 6.96. The Morgan fingerprint density at radius 3 is 2.21 bits per heavy atom. The zero-order valence-electron chi connectivity index (χ0n) is 23.5. The molecule has 8 nitrogen and oxygen atoms in total. The molecule has 0 aromatic heterocycles. The molecule has 0 bridgehead atoms. The summed E-state index contributed by atoms with van der Waals surface area (Å²) in [4.78, 5) is 28.6. The SMILES string of the molecule is CCC[C@H](NC(=O)c1cc(OC)c(OCc2ccccc2)c(OC)c1)C(=O)NCCC1(N(C)C)CCCC1. The number of benzene rings is 2. The quantitative estimate of drug-likeness (QED) is 0.376. The maximum absolute atomic E-state index is 13.2. The third kappa shape index (κ3) is 7.40. The Morgan fingerprint density at radius 2 is 1.66 bits per heavy atom. The molecule has 2 amide bonds. The first-order chi connectivity index (χ1) is 18.3. The van der Waals surface area contributed by atoms with E-state index in [1.165, 1.54) is 27.1 Å². The van der Waals surface area contributed by atoms with Crippen LogP contribution in [-0.4, -0.2) is 63.2 Å². The molecular weight excluding hydrogens is 482 g/mol. The van der Waals surface area contributed by atoms with Crippen molar-refractivity contribution in [1.29, 1.82) is 0 Å². The van der Waals surface area contributed by atoms with Gasteiger partial charge in [0.05, 0.1) is 14.2 Å². The lowest BCUT2D eigenvalue weighted by Gasteiger charge is -2.36. The van der Waals surface area contributed by atoms with Crippen molar-refractivity contribution in [2.24, 2.45) is 0 Å². The highest BCUT2D eigenvalue weighted by molar-refractivity contribution is 5.98. The third-order valence-electron chi connectivity index (χ3n) is 7.52. The van der Waals surface area contributed by atoms with E-state index in [4.69, 9.17) is 14.2 Å². The van der Waals surface area contributed by atoms with E-state index in [9.17, 15) is 9.59 Å². The Hall–Kier alpha value is -3.26. The molecule has 1 atom stereocenters. The minimum Gasteiger partial charge on any atom is -0.493 e. The predicted molar refractivity (Wildman–Crippen MR) is 149 cm³/mol. The maximum Gasteiger partial charge on any atom is 0.252 e. The van der Waals surface area contributed by atoms with Crippen LogP contribution >= 0.6 is 0 Å². The summed E-state index contributed by atoms with van der Waals surface area (Å²) < 4.78 is 17.0. The standard InChI is InChI=1S/C30H43N3O5/c1-6-12-24(29(35)31-18-17-30(33(2)3)15-10-11-16-30)32-28(34)23-19-25(36-4)27(26(20-23)37-5)38-21-22-13-8-7-9-14-22/h7-9,13-14,19-20,24H,6,10-12,15-18,21H2,1-5H3,(H,31,35)(H,32,34)/t24-/m0/s1. The molecule has 38 heavy (non-hydrogen) atoms. The van der Waals surface area contributed by atoms with Gasteiger partial charge in [-0.2, -0.15) is 0 Å². The number of rotatable bonds is 14. The van der Waals surface area contributed by atoms with Crippen LogP contribution in [0.3, 0.4) is 0 Å². The number of hydrogen-bond acceptors (Lipinski definition) is 6. The summed E-state index contributed by atoms with van der Waals surface area (Å²) in [6, 6.07) is 12.4. The lowest BCUT2D eigenvalue weighted by atomic mass is 9.92. The van der Waals surface area contributed by atoms with Gasteiger partial charge in [-0.1, -0.05) is 56.5 Å². The van der Waals surface area contributed by atoms with E-state index in [-0.39, 0.29) is 17.4 Å². The molecule has 0 radical (unpaired) electrons. The largest absolute Gasteiger partial charge is 0.493 e. The average Bonchev–Trinajstić information content (AvgIpc) is 3.42. The van der Waals surface area contributed by atoms with E-state index >= 15 is 0 Å². The van der Waals surface area contributed by atoms with E-state index in [1.807, 2.05) is 37.3 Å². The number of hydrogen-bond donors (Lipinski definition) is 2. The molecule has 8 heteroatoms. The second kappa shape index (κ2) is 14.0. The minimum atomic E-state index is -0.627. The van der Waals surface area contributed by atoms with Crippen molar-refractivity contribution in [3.8, 4) is 17.2 Å². The summed E-state index contributed by atoms with van der Waals surface area (Å²) in [5.41, 5.74) is 1.47. The molecule has 0 spiro atoms. The smallest absolute Gasteiger partial charge is 0.252 e. The fourth-order valence-corrected chi connectivity index (χ4v) is 5.18. The van der Waals surface area contributed by atoms with Crippen LogP contribution in [0.1, 0.15) is 67.8 Å². The van der Waals surface area contributed by atoms with Gasteiger partial charge in [-0.3, -0.25) is 9.59 Å². The third-order valence-corrected chi connectivity index (χ3v) is 7.52. The van der Waals surface area contributed by atoms with Gasteiger partial charge >= 0.3 is 0 Å². The molecule has 2 aromatic rings. The molecule has 1 aliphatic rings. The second-order valence-electron chi connectivity index (χ2n) is 10.2. The van der Waals surface area contributed by atoms with E-state index in [2.05, 4.69) is 29.6 Å². The van der Waals surface area contributed by atoms with Crippen molar-refractivity contribution < 1.29 is 23.8 Å². The van der Waals surface area contributed by atoms with Crippen LogP contribution in [0.2, 0.25) is 0 Å². The summed E-state index contributed by atoms with van der Waals surface area (Å²) >= 11 is 0. The molecule has 1 fully saturated rings.